The third-order valence-electron chi connectivity index (χ3n) is 4.55. The summed E-state index contributed by atoms with van der Waals surface area (Å²) in [4.78, 5) is 24.2. The molecule has 2 atom stereocenters. The molecule has 0 aromatic heterocycles. The van der Waals surface area contributed by atoms with Crippen molar-refractivity contribution in [1.29, 1.82) is 0 Å². The van der Waals surface area contributed by atoms with E-state index in [1.165, 1.54) is 26.2 Å². The van der Waals surface area contributed by atoms with E-state index in [0.29, 0.717) is 18.4 Å². The fourth-order valence-electron chi connectivity index (χ4n) is 3.23. The molecular formula is C22H25F2NO3. The maximum absolute atomic E-state index is 15.4. The van der Waals surface area contributed by atoms with Crippen LogP contribution < -0.4 is 10.1 Å². The number of rotatable bonds is 9. The number of hydrogen-bond donors (Lipinski definition) is 1. The number of ether oxygens (including phenoxy) is 1. The smallest absolute Gasteiger partial charge is 0.199 e. The van der Waals surface area contributed by atoms with Crippen LogP contribution in [-0.4, -0.2) is 24.7 Å². The van der Waals surface area contributed by atoms with Gasteiger partial charge in [0.05, 0.1) is 7.11 Å². The molecule has 2 rings (SSSR count). The Hall–Kier alpha value is -2.60. The lowest BCUT2D eigenvalue weighted by Gasteiger charge is -2.24. The van der Waals surface area contributed by atoms with Crippen molar-refractivity contribution in [2.75, 3.05) is 7.11 Å². The van der Waals surface area contributed by atoms with Crippen molar-refractivity contribution < 1.29 is 23.1 Å². The van der Waals surface area contributed by atoms with Crippen molar-refractivity contribution >= 4 is 11.6 Å². The van der Waals surface area contributed by atoms with E-state index in [-0.39, 0.29) is 34.7 Å². The first kappa shape index (κ1) is 21.7. The van der Waals surface area contributed by atoms with E-state index in [1.54, 1.807) is 12.1 Å². The van der Waals surface area contributed by atoms with E-state index in [2.05, 4.69) is 5.32 Å². The average Bonchev–Trinajstić information content (AvgIpc) is 2.65. The van der Waals surface area contributed by atoms with Crippen molar-refractivity contribution in [3.05, 3.63) is 64.7 Å². The maximum Gasteiger partial charge on any atom is 0.199 e. The Morgan fingerprint density at radius 1 is 1.11 bits per heavy atom. The molecule has 0 saturated heterocycles. The first-order chi connectivity index (χ1) is 13.3. The monoisotopic (exact) mass is 389 g/mol. The van der Waals surface area contributed by atoms with Crippen LogP contribution in [0.5, 0.6) is 5.75 Å². The minimum Gasteiger partial charge on any atom is -0.496 e. The van der Waals surface area contributed by atoms with Gasteiger partial charge < -0.3 is 10.1 Å². The highest BCUT2D eigenvalue weighted by Crippen LogP contribution is 2.31. The highest BCUT2D eigenvalue weighted by molar-refractivity contribution is 6.11. The number of nitrogens with one attached hydrogen (secondary N) is 1. The van der Waals surface area contributed by atoms with Crippen molar-refractivity contribution in [3.63, 3.8) is 0 Å². The van der Waals surface area contributed by atoms with Gasteiger partial charge in [-0.3, -0.25) is 9.59 Å². The van der Waals surface area contributed by atoms with Crippen LogP contribution in [-0.2, 0) is 4.79 Å². The average molecular weight is 389 g/mol. The van der Waals surface area contributed by atoms with E-state index in [0.717, 1.165) is 12.1 Å². The van der Waals surface area contributed by atoms with Gasteiger partial charge in [0.15, 0.2) is 5.78 Å². The first-order valence-corrected chi connectivity index (χ1v) is 9.20. The summed E-state index contributed by atoms with van der Waals surface area (Å²) in [5.74, 6) is -1.59. The highest BCUT2D eigenvalue weighted by Gasteiger charge is 2.26. The van der Waals surface area contributed by atoms with Gasteiger partial charge in [0.1, 0.15) is 28.7 Å². The summed E-state index contributed by atoms with van der Waals surface area (Å²) < 4.78 is 33.8. The van der Waals surface area contributed by atoms with Crippen molar-refractivity contribution in [2.24, 2.45) is 0 Å². The van der Waals surface area contributed by atoms with Crippen LogP contribution in [0.25, 0.3) is 0 Å². The molecule has 2 aromatic carbocycles. The summed E-state index contributed by atoms with van der Waals surface area (Å²) in [7, 11) is 1.36. The van der Waals surface area contributed by atoms with Gasteiger partial charge >= 0.3 is 0 Å². The second-order valence-corrected chi connectivity index (χ2v) is 6.82. The lowest BCUT2D eigenvalue weighted by atomic mass is 9.94. The van der Waals surface area contributed by atoms with Gasteiger partial charge in [-0.25, -0.2) is 8.78 Å². The predicted octanol–water partition coefficient (Wildman–Crippen LogP) is 4.61. The molecule has 2 aromatic rings. The van der Waals surface area contributed by atoms with Crippen LogP contribution in [0.2, 0.25) is 0 Å². The molecule has 0 unspecified atom stereocenters. The third-order valence-corrected chi connectivity index (χ3v) is 4.55. The van der Waals surface area contributed by atoms with Gasteiger partial charge in [0, 0.05) is 29.6 Å². The van der Waals surface area contributed by atoms with Crippen LogP contribution in [0.4, 0.5) is 8.78 Å². The summed E-state index contributed by atoms with van der Waals surface area (Å²) in [5, 5.41) is 3.24. The van der Waals surface area contributed by atoms with Crippen LogP contribution in [0.3, 0.4) is 0 Å². The Balaban J connectivity index is 2.44. The van der Waals surface area contributed by atoms with Gasteiger partial charge in [0.25, 0.3) is 0 Å². The third kappa shape index (κ3) is 5.01. The predicted molar refractivity (Wildman–Crippen MR) is 104 cm³/mol. The molecule has 0 radical (unpaired) electrons. The Morgan fingerprint density at radius 3 is 2.29 bits per heavy atom. The van der Waals surface area contributed by atoms with Crippen LogP contribution in [0, 0.1) is 11.6 Å². The summed E-state index contributed by atoms with van der Waals surface area (Å²) >= 11 is 0. The molecule has 0 heterocycles. The molecule has 0 amide bonds. The molecule has 6 heteroatoms. The zero-order chi connectivity index (χ0) is 20.8. The normalized spacial score (nSPS) is 13.1. The van der Waals surface area contributed by atoms with Crippen molar-refractivity contribution in [2.45, 2.75) is 45.7 Å². The molecule has 28 heavy (non-hydrogen) atoms. The molecule has 0 bridgehead atoms. The number of benzene rings is 2. The number of Topliss-reactive ketones (excluding diaryl/α,β-unsaturated/α-hetero) is 1. The number of carbonyl (C=O) groups excluding carboxylic acids is 2. The van der Waals surface area contributed by atoms with Gasteiger partial charge in [0.2, 0.25) is 0 Å². The quantitative estimate of drug-likeness (QED) is 0.636. The topological polar surface area (TPSA) is 55.4 Å². The van der Waals surface area contributed by atoms with E-state index < -0.39 is 17.4 Å². The highest BCUT2D eigenvalue weighted by atomic mass is 19.1. The first-order valence-electron chi connectivity index (χ1n) is 9.20. The second kappa shape index (κ2) is 9.55. The minimum atomic E-state index is -0.678. The summed E-state index contributed by atoms with van der Waals surface area (Å²) in [6.45, 7) is 5.26. The number of hydrogen-bond acceptors (Lipinski definition) is 4. The number of methoxy groups -OCH3 is 1. The molecular weight excluding hydrogens is 364 g/mol. The zero-order valence-corrected chi connectivity index (χ0v) is 16.5. The SMILES string of the molecule is CC[C@@H](N[C@H](C)CC(C)=O)c1ccc(OC)c(C(=O)c2ccc(F)cc2)c1F. The van der Waals surface area contributed by atoms with Crippen molar-refractivity contribution in [3.8, 4) is 5.75 Å². The van der Waals surface area contributed by atoms with Gasteiger partial charge in [-0.15, -0.1) is 0 Å². The Kier molecular flexibility index (Phi) is 7.40. The fourth-order valence-corrected chi connectivity index (χ4v) is 3.23. The van der Waals surface area contributed by atoms with Crippen LogP contribution in [0.15, 0.2) is 36.4 Å². The van der Waals surface area contributed by atoms with Gasteiger partial charge in [-0.1, -0.05) is 13.0 Å². The Bertz CT molecular complexity index is 850. The summed E-state index contributed by atoms with van der Waals surface area (Å²) in [6.07, 6.45) is 0.894. The van der Waals surface area contributed by atoms with E-state index >= 15 is 4.39 Å². The minimum absolute atomic E-state index is 0.0391. The summed E-state index contributed by atoms with van der Waals surface area (Å²) in [6, 6.07) is 7.55. The zero-order valence-electron chi connectivity index (χ0n) is 16.5. The molecule has 150 valence electrons. The molecule has 0 aliphatic carbocycles. The maximum atomic E-state index is 15.4. The molecule has 0 saturated carbocycles. The Labute approximate surface area is 163 Å². The van der Waals surface area contributed by atoms with Gasteiger partial charge in [-0.2, -0.15) is 0 Å². The number of ketones is 2. The van der Waals surface area contributed by atoms with E-state index in [1.807, 2.05) is 13.8 Å². The summed E-state index contributed by atoms with van der Waals surface area (Å²) in [5.41, 5.74) is 0.303. The molecule has 4 nitrogen and oxygen atoms in total. The van der Waals surface area contributed by atoms with Crippen LogP contribution in [0.1, 0.15) is 61.1 Å². The van der Waals surface area contributed by atoms with Crippen LogP contribution >= 0.6 is 0 Å². The standard InChI is InChI=1S/C22H25F2NO3/c1-5-18(25-13(2)12-14(3)26)17-10-11-19(28-4)20(21(17)24)22(27)15-6-8-16(23)9-7-15/h6-11,13,18,25H,5,12H2,1-4H3/t13-,18-/m1/s1. The number of carbonyl (C=O) groups is 2. The van der Waals surface area contributed by atoms with E-state index in [9.17, 15) is 14.0 Å². The largest absolute Gasteiger partial charge is 0.496 e. The second-order valence-electron chi connectivity index (χ2n) is 6.82. The van der Waals surface area contributed by atoms with Gasteiger partial charge in [-0.05, 0) is 50.6 Å². The van der Waals surface area contributed by atoms with Crippen molar-refractivity contribution in [1.82, 2.24) is 5.32 Å². The lowest BCUT2D eigenvalue weighted by Crippen LogP contribution is -2.32. The lowest BCUT2D eigenvalue weighted by molar-refractivity contribution is -0.117. The molecule has 0 aliphatic rings. The van der Waals surface area contributed by atoms with E-state index in [4.69, 9.17) is 4.74 Å². The molecule has 0 aliphatic heterocycles. The number of halogens is 2. The molecule has 0 spiro atoms. The Morgan fingerprint density at radius 2 is 1.75 bits per heavy atom. The molecule has 0 fully saturated rings. The molecule has 1 N–H and O–H groups in total. The fraction of sp³-hybridized carbons (Fsp3) is 0.364.